The molecule has 4 heteroatoms. The summed E-state index contributed by atoms with van der Waals surface area (Å²) in [4.78, 5) is 13.9. The van der Waals surface area contributed by atoms with Gasteiger partial charge in [-0.25, -0.2) is 0 Å². The highest BCUT2D eigenvalue weighted by Gasteiger charge is 2.24. The fourth-order valence-corrected chi connectivity index (χ4v) is 2.00. The molecule has 0 heterocycles. The molecule has 0 spiro atoms. The molecule has 2 aromatic rings. The van der Waals surface area contributed by atoms with Crippen molar-refractivity contribution in [3.8, 4) is 12.1 Å². The highest BCUT2D eigenvalue weighted by atomic mass is 16.2. The number of carbonyl (C=O) groups excluding carboxylic acids is 1. The summed E-state index contributed by atoms with van der Waals surface area (Å²) in [5.74, 6) is -1.14. The lowest BCUT2D eigenvalue weighted by Gasteiger charge is -2.20. The third-order valence-electron chi connectivity index (χ3n) is 3.22. The lowest BCUT2D eigenvalue weighted by atomic mass is 9.99. The molecule has 0 saturated heterocycles. The van der Waals surface area contributed by atoms with E-state index in [1.54, 1.807) is 55.6 Å². The van der Waals surface area contributed by atoms with Gasteiger partial charge >= 0.3 is 0 Å². The highest BCUT2D eigenvalue weighted by Crippen LogP contribution is 2.21. The largest absolute Gasteiger partial charge is 0.314 e. The topological polar surface area (TPSA) is 67.9 Å². The maximum Gasteiger partial charge on any atom is 0.248 e. The van der Waals surface area contributed by atoms with Crippen molar-refractivity contribution in [2.45, 2.75) is 5.92 Å². The van der Waals surface area contributed by atoms with E-state index in [4.69, 9.17) is 5.26 Å². The van der Waals surface area contributed by atoms with Crippen molar-refractivity contribution in [3.05, 3.63) is 65.7 Å². The minimum absolute atomic E-state index is 0.298. The van der Waals surface area contributed by atoms with Crippen molar-refractivity contribution in [1.29, 1.82) is 10.5 Å². The summed E-state index contributed by atoms with van der Waals surface area (Å²) in [7, 11) is 1.62. The van der Waals surface area contributed by atoms with Crippen LogP contribution in [0, 0.1) is 22.7 Å². The molecule has 0 aliphatic rings. The summed E-state index contributed by atoms with van der Waals surface area (Å²) < 4.78 is 0. The third kappa shape index (κ3) is 3.08. The number of likely N-dealkylation sites (N-methyl/N-ethyl adjacent to an activating group) is 1. The lowest BCUT2D eigenvalue weighted by molar-refractivity contribution is -0.118. The van der Waals surface area contributed by atoms with Crippen LogP contribution in [0.1, 0.15) is 17.0 Å². The Kier molecular flexibility index (Phi) is 4.33. The standard InChI is InChI=1S/C17H13N3O/c1-20(15-9-7-13(11-18)8-10-15)17(21)16(12-19)14-5-3-2-4-6-14/h2-10,16H,1H3. The Hall–Kier alpha value is -3.11. The molecule has 2 rings (SSSR count). The van der Waals surface area contributed by atoms with Crippen molar-refractivity contribution in [1.82, 2.24) is 0 Å². The van der Waals surface area contributed by atoms with Gasteiger partial charge in [-0.15, -0.1) is 0 Å². The zero-order valence-electron chi connectivity index (χ0n) is 11.5. The Morgan fingerprint density at radius 1 is 1.05 bits per heavy atom. The van der Waals surface area contributed by atoms with Gasteiger partial charge < -0.3 is 4.90 Å². The maximum absolute atomic E-state index is 12.5. The van der Waals surface area contributed by atoms with Crippen LogP contribution in [0.15, 0.2) is 54.6 Å². The van der Waals surface area contributed by atoms with Gasteiger partial charge in [-0.1, -0.05) is 30.3 Å². The number of carbonyl (C=O) groups is 1. The van der Waals surface area contributed by atoms with Crippen LogP contribution in [0.5, 0.6) is 0 Å². The first-order valence-electron chi connectivity index (χ1n) is 6.39. The summed E-state index contributed by atoms with van der Waals surface area (Å²) in [6, 6.07) is 19.7. The number of hydrogen-bond acceptors (Lipinski definition) is 3. The molecule has 1 atom stereocenters. The summed E-state index contributed by atoms with van der Waals surface area (Å²) >= 11 is 0. The predicted octanol–water partition coefficient (Wildman–Crippen LogP) is 2.83. The number of rotatable bonds is 3. The zero-order chi connectivity index (χ0) is 15.2. The van der Waals surface area contributed by atoms with Crippen LogP contribution in [0.4, 0.5) is 5.69 Å². The van der Waals surface area contributed by atoms with Gasteiger partial charge in [0, 0.05) is 12.7 Å². The number of amides is 1. The average Bonchev–Trinajstić information content (AvgIpc) is 2.56. The Morgan fingerprint density at radius 2 is 1.67 bits per heavy atom. The second-order valence-electron chi connectivity index (χ2n) is 4.53. The van der Waals surface area contributed by atoms with Crippen LogP contribution in [0.25, 0.3) is 0 Å². The molecule has 0 aromatic heterocycles. The fraction of sp³-hybridized carbons (Fsp3) is 0.118. The predicted molar refractivity (Wildman–Crippen MR) is 79.4 cm³/mol. The van der Waals surface area contributed by atoms with Gasteiger partial charge in [-0.05, 0) is 29.8 Å². The molecule has 4 nitrogen and oxygen atoms in total. The molecule has 1 unspecified atom stereocenters. The number of benzene rings is 2. The Balaban J connectivity index is 2.25. The number of nitriles is 2. The smallest absolute Gasteiger partial charge is 0.248 e. The van der Waals surface area contributed by atoms with Crippen LogP contribution in [-0.2, 0) is 4.79 Å². The van der Waals surface area contributed by atoms with Crippen molar-refractivity contribution in [2.24, 2.45) is 0 Å². The zero-order valence-corrected chi connectivity index (χ0v) is 11.5. The third-order valence-corrected chi connectivity index (χ3v) is 3.22. The molecule has 102 valence electrons. The molecular weight excluding hydrogens is 262 g/mol. The summed E-state index contributed by atoms with van der Waals surface area (Å²) in [6.45, 7) is 0. The van der Waals surface area contributed by atoms with Crippen LogP contribution < -0.4 is 4.90 Å². The molecule has 0 aliphatic heterocycles. The van der Waals surface area contributed by atoms with E-state index < -0.39 is 5.92 Å². The monoisotopic (exact) mass is 275 g/mol. The van der Waals surface area contributed by atoms with E-state index in [9.17, 15) is 10.1 Å². The molecule has 0 bridgehead atoms. The van der Waals surface area contributed by atoms with Gasteiger partial charge in [0.15, 0.2) is 5.92 Å². The molecule has 0 fully saturated rings. The van der Waals surface area contributed by atoms with E-state index in [-0.39, 0.29) is 5.91 Å². The Bertz CT molecular complexity index is 708. The van der Waals surface area contributed by atoms with Gasteiger partial charge in [0.1, 0.15) is 0 Å². The molecule has 21 heavy (non-hydrogen) atoms. The average molecular weight is 275 g/mol. The second kappa shape index (κ2) is 6.36. The van der Waals surface area contributed by atoms with Crippen LogP contribution in [-0.4, -0.2) is 13.0 Å². The quantitative estimate of drug-likeness (QED) is 0.865. The van der Waals surface area contributed by atoms with Gasteiger partial charge in [0.05, 0.1) is 17.7 Å². The fourth-order valence-electron chi connectivity index (χ4n) is 2.00. The van der Waals surface area contributed by atoms with Crippen LogP contribution >= 0.6 is 0 Å². The highest BCUT2D eigenvalue weighted by molar-refractivity contribution is 5.99. The first-order valence-corrected chi connectivity index (χ1v) is 6.39. The van der Waals surface area contributed by atoms with Crippen LogP contribution in [0.3, 0.4) is 0 Å². The van der Waals surface area contributed by atoms with Gasteiger partial charge in [-0.3, -0.25) is 4.79 Å². The maximum atomic E-state index is 12.5. The normalized spacial score (nSPS) is 11.0. The molecule has 0 saturated carbocycles. The van der Waals surface area contributed by atoms with Crippen LogP contribution in [0.2, 0.25) is 0 Å². The Morgan fingerprint density at radius 3 is 2.19 bits per heavy atom. The second-order valence-corrected chi connectivity index (χ2v) is 4.53. The van der Waals surface area contributed by atoms with Crippen molar-refractivity contribution in [3.63, 3.8) is 0 Å². The summed E-state index contributed by atoms with van der Waals surface area (Å²) in [5, 5.41) is 18.1. The number of anilines is 1. The molecule has 0 aliphatic carbocycles. The van der Waals surface area contributed by atoms with E-state index in [1.165, 1.54) is 4.90 Å². The minimum Gasteiger partial charge on any atom is -0.314 e. The Labute approximate surface area is 123 Å². The van der Waals surface area contributed by atoms with Crippen molar-refractivity contribution in [2.75, 3.05) is 11.9 Å². The summed E-state index contributed by atoms with van der Waals surface area (Å²) in [5.41, 5.74) is 1.85. The lowest BCUT2D eigenvalue weighted by Crippen LogP contribution is -2.31. The van der Waals surface area contributed by atoms with E-state index in [0.717, 1.165) is 0 Å². The molecule has 0 N–H and O–H groups in total. The van der Waals surface area contributed by atoms with Gasteiger partial charge in [0.25, 0.3) is 0 Å². The minimum atomic E-state index is -0.841. The molecule has 2 aromatic carbocycles. The first-order chi connectivity index (χ1) is 10.2. The van der Waals surface area contributed by atoms with E-state index in [2.05, 4.69) is 0 Å². The SMILES string of the molecule is CN(C(=O)C(C#N)c1ccccc1)c1ccc(C#N)cc1. The van der Waals surface area contributed by atoms with E-state index >= 15 is 0 Å². The molecule has 1 amide bonds. The molecule has 0 radical (unpaired) electrons. The van der Waals surface area contributed by atoms with Crippen molar-refractivity contribution < 1.29 is 4.79 Å². The van der Waals surface area contributed by atoms with Crippen molar-refractivity contribution >= 4 is 11.6 Å². The van der Waals surface area contributed by atoms with E-state index in [0.29, 0.717) is 16.8 Å². The summed E-state index contributed by atoms with van der Waals surface area (Å²) in [6.07, 6.45) is 0. The molecular formula is C17H13N3O. The first kappa shape index (κ1) is 14.3. The van der Waals surface area contributed by atoms with Gasteiger partial charge in [0.2, 0.25) is 5.91 Å². The van der Waals surface area contributed by atoms with E-state index in [1.807, 2.05) is 18.2 Å². The number of nitrogens with zero attached hydrogens (tertiary/aromatic N) is 3. The number of hydrogen-bond donors (Lipinski definition) is 0. The van der Waals surface area contributed by atoms with Gasteiger partial charge in [-0.2, -0.15) is 10.5 Å².